The molecule has 0 spiro atoms. The first kappa shape index (κ1) is 12.8. The van der Waals surface area contributed by atoms with Crippen LogP contribution in [0.2, 0.25) is 0 Å². The average Bonchev–Trinajstić information content (AvgIpc) is 2.25. The Morgan fingerprint density at radius 2 is 2.12 bits per heavy atom. The van der Waals surface area contributed by atoms with Gasteiger partial charge in [0.2, 0.25) is 0 Å². The number of carboxylic acids is 1. The molecule has 1 saturated heterocycles. The van der Waals surface area contributed by atoms with Gasteiger partial charge in [0.15, 0.2) is 0 Å². The number of nitrogens with zero attached hydrogens (tertiary/aromatic N) is 1. The van der Waals surface area contributed by atoms with Gasteiger partial charge in [-0.1, -0.05) is 6.42 Å². The number of hydrogen-bond donors (Lipinski definition) is 2. The Balaban J connectivity index is 1.63. The molecule has 2 aliphatic rings. The number of likely N-dealkylation sites (tertiary alicyclic amines) is 1. The van der Waals surface area contributed by atoms with Crippen molar-refractivity contribution in [1.29, 1.82) is 0 Å². The first-order valence-corrected chi connectivity index (χ1v) is 6.91. The molecule has 1 aliphatic carbocycles. The molecule has 2 N–H and O–H groups in total. The summed E-state index contributed by atoms with van der Waals surface area (Å²) in [4.78, 5) is 12.8. The van der Waals surface area contributed by atoms with E-state index < -0.39 is 5.97 Å². The van der Waals surface area contributed by atoms with Crippen LogP contribution in [0.1, 0.15) is 38.5 Å². The first-order valence-electron chi connectivity index (χ1n) is 6.91. The van der Waals surface area contributed by atoms with Crippen molar-refractivity contribution in [2.75, 3.05) is 26.2 Å². The minimum absolute atomic E-state index is 0.273. The van der Waals surface area contributed by atoms with Crippen molar-refractivity contribution in [3.63, 3.8) is 0 Å². The van der Waals surface area contributed by atoms with Gasteiger partial charge in [0.1, 0.15) is 0 Å². The molecular formula is C13H24N2O2. The lowest BCUT2D eigenvalue weighted by Crippen LogP contribution is -2.47. The minimum atomic E-state index is -0.686. The first-order chi connectivity index (χ1) is 8.24. The molecule has 0 aromatic carbocycles. The van der Waals surface area contributed by atoms with Gasteiger partial charge in [-0.05, 0) is 44.7 Å². The van der Waals surface area contributed by atoms with E-state index in [0.717, 1.165) is 25.6 Å². The molecule has 1 heterocycles. The number of nitrogens with one attached hydrogen (secondary N) is 1. The van der Waals surface area contributed by atoms with Crippen LogP contribution in [-0.4, -0.2) is 48.2 Å². The monoisotopic (exact) mass is 240 g/mol. The molecule has 2 rings (SSSR count). The van der Waals surface area contributed by atoms with Crippen LogP contribution in [0.5, 0.6) is 0 Å². The van der Waals surface area contributed by atoms with E-state index in [2.05, 4.69) is 10.2 Å². The number of carbonyl (C=O) groups is 1. The van der Waals surface area contributed by atoms with Crippen LogP contribution in [0.15, 0.2) is 0 Å². The van der Waals surface area contributed by atoms with Gasteiger partial charge in [0, 0.05) is 19.1 Å². The smallest absolute Gasteiger partial charge is 0.304 e. The van der Waals surface area contributed by atoms with Crippen molar-refractivity contribution in [1.82, 2.24) is 10.2 Å². The lowest BCUT2D eigenvalue weighted by Gasteiger charge is -2.35. The van der Waals surface area contributed by atoms with Gasteiger partial charge >= 0.3 is 5.97 Å². The second kappa shape index (κ2) is 6.36. The van der Waals surface area contributed by atoms with Crippen LogP contribution < -0.4 is 5.32 Å². The molecule has 1 atom stereocenters. The topological polar surface area (TPSA) is 52.6 Å². The van der Waals surface area contributed by atoms with Crippen molar-refractivity contribution in [2.24, 2.45) is 5.92 Å². The highest BCUT2D eigenvalue weighted by molar-refractivity contribution is 5.66. The van der Waals surface area contributed by atoms with E-state index in [1.165, 1.54) is 32.1 Å². The third kappa shape index (κ3) is 4.28. The van der Waals surface area contributed by atoms with Crippen LogP contribution in [0.4, 0.5) is 0 Å². The molecule has 0 aromatic rings. The molecule has 4 heteroatoms. The molecule has 1 unspecified atom stereocenters. The van der Waals surface area contributed by atoms with Gasteiger partial charge in [-0.15, -0.1) is 0 Å². The molecular weight excluding hydrogens is 216 g/mol. The van der Waals surface area contributed by atoms with Crippen LogP contribution in [0.3, 0.4) is 0 Å². The van der Waals surface area contributed by atoms with Gasteiger partial charge in [-0.2, -0.15) is 0 Å². The number of hydrogen-bond acceptors (Lipinski definition) is 3. The third-order valence-electron chi connectivity index (χ3n) is 4.07. The summed E-state index contributed by atoms with van der Waals surface area (Å²) in [6.45, 7) is 3.96. The van der Waals surface area contributed by atoms with Crippen molar-refractivity contribution in [3.05, 3.63) is 0 Å². The fraction of sp³-hybridized carbons (Fsp3) is 0.923. The van der Waals surface area contributed by atoms with Crippen LogP contribution in [-0.2, 0) is 4.79 Å². The normalized spacial score (nSPS) is 26.7. The Bertz CT molecular complexity index is 254. The average molecular weight is 240 g/mol. The van der Waals surface area contributed by atoms with E-state index in [9.17, 15) is 4.79 Å². The van der Waals surface area contributed by atoms with Crippen molar-refractivity contribution in [3.8, 4) is 0 Å². The summed E-state index contributed by atoms with van der Waals surface area (Å²) in [5.74, 6) is 0.221. The highest BCUT2D eigenvalue weighted by Gasteiger charge is 2.22. The summed E-state index contributed by atoms with van der Waals surface area (Å²) in [7, 11) is 0. The standard InChI is InChI=1S/C13H24N2O2/c16-13(17)6-8-15-7-2-5-12(10-15)14-9-11-3-1-4-11/h11-12,14H,1-10H2,(H,16,17). The molecule has 1 aliphatic heterocycles. The van der Waals surface area contributed by atoms with E-state index in [1.807, 2.05) is 0 Å². The van der Waals surface area contributed by atoms with Crippen molar-refractivity contribution >= 4 is 5.97 Å². The zero-order chi connectivity index (χ0) is 12.1. The summed E-state index contributed by atoms with van der Waals surface area (Å²) in [6, 6.07) is 0.582. The Morgan fingerprint density at radius 1 is 1.29 bits per heavy atom. The summed E-state index contributed by atoms with van der Waals surface area (Å²) >= 11 is 0. The van der Waals surface area contributed by atoms with E-state index in [0.29, 0.717) is 12.6 Å². The predicted molar refractivity (Wildman–Crippen MR) is 67.1 cm³/mol. The Hall–Kier alpha value is -0.610. The van der Waals surface area contributed by atoms with E-state index in [4.69, 9.17) is 5.11 Å². The number of aliphatic carboxylic acids is 1. The van der Waals surface area contributed by atoms with Gasteiger partial charge in [-0.25, -0.2) is 0 Å². The Morgan fingerprint density at radius 3 is 2.76 bits per heavy atom. The molecule has 17 heavy (non-hydrogen) atoms. The Labute approximate surface area is 103 Å². The van der Waals surface area contributed by atoms with Crippen LogP contribution >= 0.6 is 0 Å². The molecule has 1 saturated carbocycles. The molecule has 0 amide bonds. The van der Waals surface area contributed by atoms with E-state index in [-0.39, 0.29) is 6.42 Å². The second-order valence-electron chi connectivity index (χ2n) is 5.49. The SMILES string of the molecule is O=C(O)CCN1CCCC(NCC2CCC2)C1. The van der Waals surface area contributed by atoms with Gasteiger partial charge in [0.25, 0.3) is 0 Å². The fourth-order valence-corrected chi connectivity index (χ4v) is 2.71. The molecule has 2 fully saturated rings. The number of rotatable bonds is 6. The maximum Gasteiger partial charge on any atom is 0.304 e. The second-order valence-corrected chi connectivity index (χ2v) is 5.49. The Kier molecular flexibility index (Phi) is 4.80. The van der Waals surface area contributed by atoms with E-state index in [1.54, 1.807) is 0 Å². The van der Waals surface area contributed by atoms with Crippen LogP contribution in [0, 0.1) is 5.92 Å². The van der Waals surface area contributed by atoms with Gasteiger partial charge in [-0.3, -0.25) is 4.79 Å². The van der Waals surface area contributed by atoms with Crippen molar-refractivity contribution in [2.45, 2.75) is 44.6 Å². The number of piperidine rings is 1. The lowest BCUT2D eigenvalue weighted by atomic mass is 9.85. The molecule has 0 radical (unpaired) electrons. The maximum atomic E-state index is 10.5. The quantitative estimate of drug-likeness (QED) is 0.735. The fourth-order valence-electron chi connectivity index (χ4n) is 2.71. The third-order valence-corrected chi connectivity index (χ3v) is 4.07. The summed E-state index contributed by atoms with van der Waals surface area (Å²) in [5, 5.41) is 12.3. The molecule has 98 valence electrons. The van der Waals surface area contributed by atoms with Crippen molar-refractivity contribution < 1.29 is 9.90 Å². The lowest BCUT2D eigenvalue weighted by molar-refractivity contribution is -0.137. The van der Waals surface area contributed by atoms with E-state index >= 15 is 0 Å². The molecule has 0 bridgehead atoms. The van der Waals surface area contributed by atoms with Crippen LogP contribution in [0.25, 0.3) is 0 Å². The maximum absolute atomic E-state index is 10.5. The van der Waals surface area contributed by atoms with Gasteiger partial charge in [0.05, 0.1) is 6.42 Å². The summed E-state index contributed by atoms with van der Waals surface area (Å²) in [6.07, 6.45) is 6.90. The summed E-state index contributed by atoms with van der Waals surface area (Å²) < 4.78 is 0. The zero-order valence-electron chi connectivity index (χ0n) is 10.5. The highest BCUT2D eigenvalue weighted by Crippen LogP contribution is 2.25. The highest BCUT2D eigenvalue weighted by atomic mass is 16.4. The number of carboxylic acid groups (broad SMARTS) is 1. The zero-order valence-corrected chi connectivity index (χ0v) is 10.5. The molecule has 0 aromatic heterocycles. The van der Waals surface area contributed by atoms with Gasteiger partial charge < -0.3 is 15.3 Å². The predicted octanol–water partition coefficient (Wildman–Crippen LogP) is 1.32. The largest absolute Gasteiger partial charge is 0.481 e. The minimum Gasteiger partial charge on any atom is -0.481 e. The molecule has 4 nitrogen and oxygen atoms in total. The summed E-state index contributed by atoms with van der Waals surface area (Å²) in [5.41, 5.74) is 0.